The Morgan fingerprint density at radius 2 is 2.14 bits per heavy atom. The number of hydrogen-bond donors (Lipinski definition) is 1. The number of hydrogen-bond acceptors (Lipinski definition) is 5. The molecule has 2 aromatic rings. The first-order valence-corrected chi connectivity index (χ1v) is 6.57. The van der Waals surface area contributed by atoms with Crippen LogP contribution in [-0.2, 0) is 0 Å². The molecule has 0 aliphatic carbocycles. The molecule has 0 aliphatic heterocycles. The molecule has 0 saturated heterocycles. The zero-order chi connectivity index (χ0) is 15.4. The van der Waals surface area contributed by atoms with Crippen molar-refractivity contribution in [3.63, 3.8) is 0 Å². The average molecular weight is 352 g/mol. The Hall–Kier alpha value is -2.48. The summed E-state index contributed by atoms with van der Waals surface area (Å²) in [6.45, 7) is 0. The Bertz CT molecular complexity index is 706. The van der Waals surface area contributed by atoms with Crippen LogP contribution in [0.1, 0.15) is 10.4 Å². The Kier molecular flexibility index (Phi) is 4.49. The number of methoxy groups -OCH3 is 1. The van der Waals surface area contributed by atoms with E-state index in [9.17, 15) is 14.9 Å². The van der Waals surface area contributed by atoms with Crippen molar-refractivity contribution in [2.24, 2.45) is 0 Å². The largest absolute Gasteiger partial charge is 0.490 e. The topological polar surface area (TPSA) is 94.4 Å². The molecule has 8 heteroatoms. The van der Waals surface area contributed by atoms with E-state index < -0.39 is 10.8 Å². The number of rotatable bonds is 4. The molecular weight excluding hydrogens is 342 g/mol. The molecule has 1 N–H and O–H groups in total. The summed E-state index contributed by atoms with van der Waals surface area (Å²) in [5.41, 5.74) is 0.258. The van der Waals surface area contributed by atoms with Crippen LogP contribution in [0.15, 0.2) is 41.1 Å². The highest BCUT2D eigenvalue weighted by Crippen LogP contribution is 2.31. The fraction of sp³-hybridized carbons (Fsp3) is 0.0769. The van der Waals surface area contributed by atoms with Gasteiger partial charge >= 0.3 is 5.69 Å². The second-order valence-corrected chi connectivity index (χ2v) is 4.66. The van der Waals surface area contributed by atoms with Crippen LogP contribution in [0.4, 0.5) is 11.4 Å². The van der Waals surface area contributed by atoms with Gasteiger partial charge in [-0.2, -0.15) is 0 Å². The predicted molar refractivity (Wildman–Crippen MR) is 79.5 cm³/mol. The molecule has 0 bridgehead atoms. The summed E-state index contributed by atoms with van der Waals surface area (Å²) in [6.07, 6.45) is 1.56. The van der Waals surface area contributed by atoms with Crippen LogP contribution in [0.25, 0.3) is 0 Å². The molecule has 1 heterocycles. The molecule has 21 heavy (non-hydrogen) atoms. The van der Waals surface area contributed by atoms with Crippen LogP contribution >= 0.6 is 15.9 Å². The minimum atomic E-state index is -0.602. The van der Waals surface area contributed by atoms with E-state index in [0.717, 1.165) is 0 Å². The molecular formula is C13H10BrN3O4. The monoisotopic (exact) mass is 351 g/mol. The van der Waals surface area contributed by atoms with Crippen molar-refractivity contribution < 1.29 is 14.5 Å². The number of para-hydroxylation sites is 1. The minimum Gasteiger partial charge on any atom is -0.490 e. The van der Waals surface area contributed by atoms with Gasteiger partial charge in [-0.15, -0.1) is 0 Å². The lowest BCUT2D eigenvalue weighted by Gasteiger charge is -2.10. The summed E-state index contributed by atoms with van der Waals surface area (Å²) in [4.78, 5) is 26.6. The molecule has 108 valence electrons. The molecule has 2 rings (SSSR count). The van der Waals surface area contributed by atoms with Gasteiger partial charge < -0.3 is 10.1 Å². The van der Waals surface area contributed by atoms with Gasteiger partial charge in [-0.3, -0.25) is 14.9 Å². The van der Waals surface area contributed by atoms with E-state index in [2.05, 4.69) is 26.2 Å². The minimum absolute atomic E-state index is 0.0717. The predicted octanol–water partition coefficient (Wildman–Crippen LogP) is 3.01. The van der Waals surface area contributed by atoms with Gasteiger partial charge in [0.25, 0.3) is 5.91 Å². The number of nitro benzene ring substituents is 1. The van der Waals surface area contributed by atoms with Gasteiger partial charge in [-0.1, -0.05) is 6.07 Å². The lowest BCUT2D eigenvalue weighted by Crippen LogP contribution is -2.14. The van der Waals surface area contributed by atoms with Gasteiger partial charge in [0.1, 0.15) is 4.60 Å². The lowest BCUT2D eigenvalue weighted by atomic mass is 10.1. The van der Waals surface area contributed by atoms with Gasteiger partial charge in [0, 0.05) is 12.3 Å². The Balaban J connectivity index is 2.38. The fourth-order valence-electron chi connectivity index (χ4n) is 1.73. The van der Waals surface area contributed by atoms with Gasteiger partial charge in [0.2, 0.25) is 5.75 Å². The maximum absolute atomic E-state index is 12.3. The smallest absolute Gasteiger partial charge is 0.311 e. The first-order chi connectivity index (χ1) is 10.0. The lowest BCUT2D eigenvalue weighted by molar-refractivity contribution is -0.385. The Labute approximate surface area is 128 Å². The number of nitrogens with one attached hydrogen (secondary N) is 1. The molecule has 0 saturated carbocycles. The van der Waals surface area contributed by atoms with Gasteiger partial charge in [-0.05, 0) is 34.1 Å². The summed E-state index contributed by atoms with van der Waals surface area (Å²) < 4.78 is 5.46. The fourth-order valence-corrected chi connectivity index (χ4v) is 2.08. The second-order valence-electron chi connectivity index (χ2n) is 3.91. The maximum Gasteiger partial charge on any atom is 0.311 e. The van der Waals surface area contributed by atoms with Crippen molar-refractivity contribution in [1.29, 1.82) is 0 Å². The van der Waals surface area contributed by atoms with Crippen LogP contribution in [0.5, 0.6) is 5.75 Å². The first kappa shape index (κ1) is 14.9. The van der Waals surface area contributed by atoms with Gasteiger partial charge in [0.15, 0.2) is 0 Å². The number of aromatic nitrogens is 1. The number of amides is 1. The number of halogens is 1. The Morgan fingerprint density at radius 3 is 2.76 bits per heavy atom. The highest BCUT2D eigenvalue weighted by molar-refractivity contribution is 9.10. The van der Waals surface area contributed by atoms with Crippen molar-refractivity contribution in [2.45, 2.75) is 0 Å². The standard InChI is InChI=1S/C13H10BrN3O4/c1-21-11-8(4-2-6-10(11)17(19)20)13(18)16-9-5-3-7-15-12(9)14/h2-7H,1H3,(H,16,18). The number of nitro groups is 1. The van der Waals surface area contributed by atoms with Crippen LogP contribution in [0.2, 0.25) is 0 Å². The van der Waals surface area contributed by atoms with E-state index in [1.54, 1.807) is 18.3 Å². The highest BCUT2D eigenvalue weighted by Gasteiger charge is 2.22. The molecule has 0 spiro atoms. The summed E-state index contributed by atoms with van der Waals surface area (Å²) in [6, 6.07) is 7.46. The summed E-state index contributed by atoms with van der Waals surface area (Å²) in [7, 11) is 1.28. The molecule has 0 unspecified atom stereocenters. The van der Waals surface area contributed by atoms with Crippen molar-refractivity contribution in [3.8, 4) is 5.75 Å². The second kappa shape index (κ2) is 6.31. The van der Waals surface area contributed by atoms with Crippen LogP contribution < -0.4 is 10.1 Å². The number of anilines is 1. The van der Waals surface area contributed by atoms with Crippen molar-refractivity contribution in [3.05, 3.63) is 56.8 Å². The van der Waals surface area contributed by atoms with Gasteiger partial charge in [-0.25, -0.2) is 4.98 Å². The van der Waals surface area contributed by atoms with Crippen LogP contribution in [-0.4, -0.2) is 22.9 Å². The average Bonchev–Trinajstić information content (AvgIpc) is 2.48. The third-order valence-corrected chi connectivity index (χ3v) is 3.28. The molecule has 1 amide bonds. The zero-order valence-corrected chi connectivity index (χ0v) is 12.5. The molecule has 1 aromatic heterocycles. The number of benzene rings is 1. The quantitative estimate of drug-likeness (QED) is 0.519. The van der Waals surface area contributed by atoms with Crippen molar-refractivity contribution in [2.75, 3.05) is 12.4 Å². The van der Waals surface area contributed by atoms with E-state index >= 15 is 0 Å². The molecule has 0 fully saturated rings. The molecule has 0 atom stereocenters. The highest BCUT2D eigenvalue weighted by atomic mass is 79.9. The third-order valence-electron chi connectivity index (χ3n) is 2.65. The van der Waals surface area contributed by atoms with E-state index in [4.69, 9.17) is 4.74 Å². The molecule has 1 aromatic carbocycles. The first-order valence-electron chi connectivity index (χ1n) is 5.78. The Morgan fingerprint density at radius 1 is 1.38 bits per heavy atom. The zero-order valence-electron chi connectivity index (χ0n) is 10.9. The number of pyridine rings is 1. The van der Waals surface area contributed by atoms with Crippen molar-refractivity contribution in [1.82, 2.24) is 4.98 Å². The van der Waals surface area contributed by atoms with Gasteiger partial charge in [0.05, 0.1) is 23.3 Å². The summed E-state index contributed by atoms with van der Waals surface area (Å²) in [5.74, 6) is -0.607. The molecule has 7 nitrogen and oxygen atoms in total. The molecule has 0 radical (unpaired) electrons. The van der Waals surface area contributed by atoms with E-state index in [0.29, 0.717) is 10.3 Å². The summed E-state index contributed by atoms with van der Waals surface area (Å²) in [5, 5.41) is 13.6. The van der Waals surface area contributed by atoms with Crippen LogP contribution in [0, 0.1) is 10.1 Å². The van der Waals surface area contributed by atoms with E-state index in [1.165, 1.54) is 25.3 Å². The summed E-state index contributed by atoms with van der Waals surface area (Å²) >= 11 is 3.21. The number of carbonyl (C=O) groups excluding carboxylic acids is 1. The normalized spacial score (nSPS) is 10.0. The van der Waals surface area contributed by atoms with Crippen molar-refractivity contribution >= 4 is 33.2 Å². The number of carbonyl (C=O) groups is 1. The maximum atomic E-state index is 12.3. The van der Waals surface area contributed by atoms with E-state index in [-0.39, 0.29) is 17.0 Å². The molecule has 0 aliphatic rings. The third kappa shape index (κ3) is 3.16. The number of ether oxygens (including phenoxy) is 1. The number of nitrogens with zero attached hydrogens (tertiary/aromatic N) is 2. The SMILES string of the molecule is COc1c(C(=O)Nc2cccnc2Br)cccc1[N+](=O)[O-]. The van der Waals surface area contributed by atoms with Crippen LogP contribution in [0.3, 0.4) is 0 Å². The van der Waals surface area contributed by atoms with E-state index in [1.807, 2.05) is 0 Å².